The summed E-state index contributed by atoms with van der Waals surface area (Å²) >= 11 is 5.83. The molecule has 0 radical (unpaired) electrons. The lowest BCUT2D eigenvalue weighted by molar-refractivity contribution is -0.121. The largest absolute Gasteiger partial charge is 0.472 e. The van der Waals surface area contributed by atoms with Crippen LogP contribution < -0.4 is 5.32 Å². The molecule has 0 unspecified atom stereocenters. The Hall–Kier alpha value is -2.27. The Morgan fingerprint density at radius 3 is 2.43 bits per heavy atom. The van der Waals surface area contributed by atoms with Gasteiger partial charge >= 0.3 is 0 Å². The summed E-state index contributed by atoms with van der Waals surface area (Å²) in [5.74, 6) is -0.142. The molecule has 1 N–H and O–H groups in total. The highest BCUT2D eigenvalue weighted by Gasteiger charge is 2.28. The summed E-state index contributed by atoms with van der Waals surface area (Å²) in [6.45, 7) is 1.14. The number of carbonyl (C=O) groups is 2. The minimum atomic E-state index is -0.0842. The second-order valence-corrected chi connectivity index (χ2v) is 6.01. The number of hydrogen-bond acceptors (Lipinski definition) is 3. The minimum absolute atomic E-state index is 0.0114. The van der Waals surface area contributed by atoms with Crippen LogP contribution in [0.5, 0.6) is 0 Å². The van der Waals surface area contributed by atoms with Gasteiger partial charge in [-0.25, -0.2) is 0 Å². The molecule has 0 saturated carbocycles. The van der Waals surface area contributed by atoms with Gasteiger partial charge < -0.3 is 14.6 Å². The molecule has 120 valence electrons. The maximum Gasteiger partial charge on any atom is 0.257 e. The van der Waals surface area contributed by atoms with Crippen molar-refractivity contribution in [2.24, 2.45) is 5.92 Å². The molecule has 2 amide bonds. The van der Waals surface area contributed by atoms with Crippen LogP contribution in [0.25, 0.3) is 0 Å². The number of carbonyl (C=O) groups excluding carboxylic acids is 2. The highest BCUT2D eigenvalue weighted by Crippen LogP contribution is 2.21. The van der Waals surface area contributed by atoms with Gasteiger partial charge in [-0.2, -0.15) is 0 Å². The molecule has 1 saturated heterocycles. The molecule has 1 fully saturated rings. The molecule has 2 aromatic rings. The third kappa shape index (κ3) is 3.74. The fourth-order valence-corrected chi connectivity index (χ4v) is 2.82. The van der Waals surface area contributed by atoms with Crippen molar-refractivity contribution >= 4 is 29.1 Å². The van der Waals surface area contributed by atoms with E-state index < -0.39 is 0 Å². The van der Waals surface area contributed by atoms with Gasteiger partial charge in [-0.15, -0.1) is 0 Å². The third-order valence-electron chi connectivity index (χ3n) is 4.03. The van der Waals surface area contributed by atoms with Crippen LogP contribution in [0.4, 0.5) is 5.69 Å². The van der Waals surface area contributed by atoms with Crippen LogP contribution in [-0.2, 0) is 4.79 Å². The first-order valence-corrected chi connectivity index (χ1v) is 7.89. The summed E-state index contributed by atoms with van der Waals surface area (Å²) in [6.07, 6.45) is 4.24. The van der Waals surface area contributed by atoms with Crippen LogP contribution in [0, 0.1) is 5.92 Å². The number of likely N-dealkylation sites (tertiary alicyclic amines) is 1. The number of furan rings is 1. The summed E-state index contributed by atoms with van der Waals surface area (Å²) < 4.78 is 4.94. The Balaban J connectivity index is 1.53. The standard InChI is InChI=1S/C17H17ClN2O3/c18-14-1-3-15(4-2-14)19-16(21)12-5-8-20(9-6-12)17(22)13-7-10-23-11-13/h1-4,7,10-12H,5-6,8-9H2,(H,19,21). The highest BCUT2D eigenvalue weighted by atomic mass is 35.5. The smallest absolute Gasteiger partial charge is 0.257 e. The average Bonchev–Trinajstić information content (AvgIpc) is 3.11. The van der Waals surface area contributed by atoms with E-state index in [9.17, 15) is 9.59 Å². The molecule has 0 aliphatic carbocycles. The SMILES string of the molecule is O=C(Nc1ccc(Cl)cc1)C1CCN(C(=O)c2ccoc2)CC1. The van der Waals surface area contributed by atoms with E-state index >= 15 is 0 Å². The molecule has 23 heavy (non-hydrogen) atoms. The fraction of sp³-hybridized carbons (Fsp3) is 0.294. The molecule has 1 aromatic heterocycles. The lowest BCUT2D eigenvalue weighted by Gasteiger charge is -2.31. The Morgan fingerprint density at radius 1 is 1.13 bits per heavy atom. The number of piperidine rings is 1. The van der Waals surface area contributed by atoms with E-state index in [1.807, 2.05) is 0 Å². The van der Waals surface area contributed by atoms with Crippen molar-refractivity contribution < 1.29 is 14.0 Å². The van der Waals surface area contributed by atoms with Crippen molar-refractivity contribution in [2.75, 3.05) is 18.4 Å². The van der Waals surface area contributed by atoms with E-state index in [4.69, 9.17) is 16.0 Å². The Morgan fingerprint density at radius 2 is 1.83 bits per heavy atom. The van der Waals surface area contributed by atoms with E-state index in [2.05, 4.69) is 5.32 Å². The monoisotopic (exact) mass is 332 g/mol. The van der Waals surface area contributed by atoms with Gasteiger partial charge in [0.15, 0.2) is 0 Å². The maximum atomic E-state index is 12.3. The van der Waals surface area contributed by atoms with Gasteiger partial charge in [0, 0.05) is 29.7 Å². The molecule has 0 spiro atoms. The lowest BCUT2D eigenvalue weighted by atomic mass is 9.95. The predicted molar refractivity (Wildman–Crippen MR) is 87.4 cm³/mol. The van der Waals surface area contributed by atoms with Crippen molar-refractivity contribution in [3.63, 3.8) is 0 Å². The van der Waals surface area contributed by atoms with E-state index in [0.717, 1.165) is 5.69 Å². The van der Waals surface area contributed by atoms with E-state index in [-0.39, 0.29) is 17.7 Å². The van der Waals surface area contributed by atoms with Crippen LogP contribution in [-0.4, -0.2) is 29.8 Å². The van der Waals surface area contributed by atoms with Gasteiger partial charge in [-0.3, -0.25) is 9.59 Å². The third-order valence-corrected chi connectivity index (χ3v) is 4.28. The summed E-state index contributed by atoms with van der Waals surface area (Å²) in [5.41, 5.74) is 1.28. The van der Waals surface area contributed by atoms with Crippen LogP contribution in [0.15, 0.2) is 47.3 Å². The second kappa shape index (κ2) is 6.87. The van der Waals surface area contributed by atoms with Crippen molar-refractivity contribution in [2.45, 2.75) is 12.8 Å². The Labute approximate surface area is 139 Å². The van der Waals surface area contributed by atoms with Crippen LogP contribution in [0.2, 0.25) is 5.02 Å². The van der Waals surface area contributed by atoms with Gasteiger partial charge in [0.25, 0.3) is 5.91 Å². The summed E-state index contributed by atoms with van der Waals surface area (Å²) in [6, 6.07) is 8.68. The first-order chi connectivity index (χ1) is 11.1. The highest BCUT2D eigenvalue weighted by molar-refractivity contribution is 6.30. The second-order valence-electron chi connectivity index (χ2n) is 5.57. The minimum Gasteiger partial charge on any atom is -0.472 e. The van der Waals surface area contributed by atoms with Crippen molar-refractivity contribution in [1.29, 1.82) is 0 Å². The van der Waals surface area contributed by atoms with E-state index in [0.29, 0.717) is 36.5 Å². The predicted octanol–water partition coefficient (Wildman–Crippen LogP) is 3.42. The molecule has 1 aliphatic heterocycles. The van der Waals surface area contributed by atoms with Gasteiger partial charge in [-0.05, 0) is 43.2 Å². The molecule has 1 aliphatic rings. The molecular formula is C17H17ClN2O3. The van der Waals surface area contributed by atoms with Crippen LogP contribution >= 0.6 is 11.6 Å². The normalized spacial score (nSPS) is 15.4. The Bertz CT molecular complexity index is 674. The van der Waals surface area contributed by atoms with Crippen LogP contribution in [0.1, 0.15) is 23.2 Å². The van der Waals surface area contributed by atoms with Crippen molar-refractivity contribution in [3.8, 4) is 0 Å². The van der Waals surface area contributed by atoms with Crippen LogP contribution in [0.3, 0.4) is 0 Å². The number of hydrogen-bond donors (Lipinski definition) is 1. The quantitative estimate of drug-likeness (QED) is 0.936. The van der Waals surface area contributed by atoms with E-state index in [1.54, 1.807) is 35.2 Å². The van der Waals surface area contributed by atoms with Crippen molar-refractivity contribution in [1.82, 2.24) is 4.90 Å². The molecule has 6 heteroatoms. The summed E-state index contributed by atoms with van der Waals surface area (Å²) in [7, 11) is 0. The first kappa shape index (κ1) is 15.6. The fourth-order valence-electron chi connectivity index (χ4n) is 2.69. The molecule has 0 bridgehead atoms. The van der Waals surface area contributed by atoms with Gasteiger partial charge in [-0.1, -0.05) is 11.6 Å². The number of nitrogens with one attached hydrogen (secondary N) is 1. The molecule has 3 rings (SSSR count). The first-order valence-electron chi connectivity index (χ1n) is 7.51. The summed E-state index contributed by atoms with van der Waals surface area (Å²) in [5, 5.41) is 3.53. The zero-order chi connectivity index (χ0) is 16.2. The number of halogens is 1. The molecular weight excluding hydrogens is 316 g/mol. The topological polar surface area (TPSA) is 62.6 Å². The number of rotatable bonds is 3. The van der Waals surface area contributed by atoms with Gasteiger partial charge in [0.2, 0.25) is 5.91 Å². The lowest BCUT2D eigenvalue weighted by Crippen LogP contribution is -2.41. The van der Waals surface area contributed by atoms with Gasteiger partial charge in [0.1, 0.15) is 6.26 Å². The number of amides is 2. The zero-order valence-corrected chi connectivity index (χ0v) is 13.3. The van der Waals surface area contributed by atoms with Gasteiger partial charge in [0.05, 0.1) is 11.8 Å². The maximum absolute atomic E-state index is 12.3. The van der Waals surface area contributed by atoms with Crippen molar-refractivity contribution in [3.05, 3.63) is 53.4 Å². The van der Waals surface area contributed by atoms with E-state index in [1.165, 1.54) is 12.5 Å². The molecule has 5 nitrogen and oxygen atoms in total. The molecule has 0 atom stereocenters. The zero-order valence-electron chi connectivity index (χ0n) is 12.5. The Kier molecular flexibility index (Phi) is 4.67. The molecule has 1 aromatic carbocycles. The number of anilines is 1. The number of nitrogens with zero attached hydrogens (tertiary/aromatic N) is 1. The number of benzene rings is 1. The average molecular weight is 333 g/mol. The summed E-state index contributed by atoms with van der Waals surface area (Å²) in [4.78, 5) is 26.3. The molecule has 2 heterocycles.